The number of aliphatic hydroxyl groups excluding tert-OH is 14. The fraction of sp³-hybridized carbons (Fsp3) is 0.983. The van der Waals surface area contributed by atoms with Crippen LogP contribution in [0.3, 0.4) is 0 Å². The van der Waals surface area contributed by atoms with Crippen molar-refractivity contribution in [3.8, 4) is 0 Å². The van der Waals surface area contributed by atoms with Crippen LogP contribution in [-0.4, -0.2) is 218 Å². The summed E-state index contributed by atoms with van der Waals surface area (Å²) < 4.78 is 57.4. The topological polar surface area (TPSA) is 451 Å². The Morgan fingerprint density at radius 2 is 0.807 bits per heavy atom. The maximum absolute atomic E-state index is 13.7. The molecule has 2 saturated carbocycles. The summed E-state index contributed by atoms with van der Waals surface area (Å²) in [5.74, 6) is -0.695. The van der Waals surface area contributed by atoms with E-state index in [2.05, 4.69) is 18.8 Å². The van der Waals surface area contributed by atoms with Crippen molar-refractivity contribution in [2.24, 2.45) is 4.99 Å². The molecule has 0 aromatic carbocycles. The molecule has 0 aromatic heterocycles. The number of hydrogen-bond acceptors (Lipinski definition) is 25. The van der Waals surface area contributed by atoms with Crippen LogP contribution < -0.4 is 10.00 Å². The predicted octanol–water partition coefficient (Wildman–Crippen LogP) is 3.37. The van der Waals surface area contributed by atoms with Crippen molar-refractivity contribution in [1.29, 1.82) is 0 Å². The van der Waals surface area contributed by atoms with Crippen LogP contribution in [0.1, 0.15) is 239 Å². The Morgan fingerprint density at radius 3 is 1.23 bits per heavy atom. The highest BCUT2D eigenvalue weighted by Gasteiger charge is 2.56. The van der Waals surface area contributed by atoms with Crippen molar-refractivity contribution in [3.05, 3.63) is 0 Å². The summed E-state index contributed by atoms with van der Waals surface area (Å²) >= 11 is 0. The van der Waals surface area contributed by atoms with Crippen molar-refractivity contribution in [2.45, 2.75) is 361 Å². The zero-order chi connectivity index (χ0) is 65.2. The van der Waals surface area contributed by atoms with E-state index in [9.17, 15) is 95.5 Å². The molecule has 5 unspecified atom stereocenters. The molecular formula is C60H115NO25P2-2. The summed E-state index contributed by atoms with van der Waals surface area (Å²) in [5.41, 5.74) is 0. The van der Waals surface area contributed by atoms with Gasteiger partial charge in [0.05, 0.1) is 19.3 Å². The lowest BCUT2D eigenvalue weighted by Crippen LogP contribution is -2.67. The van der Waals surface area contributed by atoms with Gasteiger partial charge in [-0.25, -0.2) is 4.57 Å². The van der Waals surface area contributed by atoms with Crippen LogP contribution in [0, 0.1) is 0 Å². The van der Waals surface area contributed by atoms with Gasteiger partial charge in [0.25, 0.3) is 7.82 Å². The molecule has 1 saturated heterocycles. The second-order valence-corrected chi connectivity index (χ2v) is 27.6. The Bertz CT molecular complexity index is 1900. The zero-order valence-corrected chi connectivity index (χ0v) is 54.1. The predicted molar refractivity (Wildman–Crippen MR) is 321 cm³/mol. The van der Waals surface area contributed by atoms with Crippen LogP contribution in [0.15, 0.2) is 4.99 Å². The first-order valence-corrected chi connectivity index (χ1v) is 36.2. The van der Waals surface area contributed by atoms with Crippen LogP contribution in [0.25, 0.3) is 0 Å². The lowest BCUT2D eigenvalue weighted by atomic mass is 9.84. The van der Waals surface area contributed by atoms with Crippen LogP contribution in [0.4, 0.5) is 0 Å². The summed E-state index contributed by atoms with van der Waals surface area (Å²) in [7, 11) is -11.4. The lowest BCUT2D eigenvalue weighted by Gasteiger charge is -2.48. The molecule has 0 aromatic rings. The molecule has 0 amide bonds. The number of rotatable bonds is 50. The minimum atomic E-state index is -5.88. The van der Waals surface area contributed by atoms with Crippen molar-refractivity contribution in [3.63, 3.8) is 0 Å². The molecule has 2 aliphatic carbocycles. The van der Waals surface area contributed by atoms with E-state index in [0.717, 1.165) is 64.2 Å². The van der Waals surface area contributed by atoms with E-state index in [1.165, 1.54) is 135 Å². The van der Waals surface area contributed by atoms with Crippen LogP contribution in [0.2, 0.25) is 0 Å². The third-order valence-corrected chi connectivity index (χ3v) is 19.3. The second kappa shape index (κ2) is 44.7. The Labute approximate surface area is 521 Å². The molecule has 28 heteroatoms. The molecule has 1 heterocycles. The molecule has 1 aliphatic heterocycles. The molecule has 522 valence electrons. The summed E-state index contributed by atoms with van der Waals surface area (Å²) in [5, 5.41) is 162. The maximum atomic E-state index is 13.7. The van der Waals surface area contributed by atoms with Crippen molar-refractivity contribution in [2.75, 3.05) is 13.2 Å². The van der Waals surface area contributed by atoms with E-state index in [-0.39, 0.29) is 12.8 Å². The van der Waals surface area contributed by atoms with Gasteiger partial charge < -0.3 is 105 Å². The molecule has 3 fully saturated rings. The van der Waals surface area contributed by atoms with E-state index < -0.39 is 157 Å². The molecule has 3 aliphatic rings. The van der Waals surface area contributed by atoms with Gasteiger partial charge in [0.15, 0.2) is 6.29 Å². The third-order valence-electron chi connectivity index (χ3n) is 17.3. The standard InChI is InChI=1S/C60H117NO25P2/c1-3-5-7-9-11-13-15-17-18-19-20-21-22-23-24-25-27-29-31-33-35-37-43(63)61-40(44(64)41(62)36-34-32-30-28-26-16-14-12-10-8-6-4-2)38-81-87(77,78)86-59-55(75)51(71)50(70)54(74)58(59)84-60-56(76)46(66)45(65)42(83-60)39-82-88(79,80)85-57-52(72)48(68)47(67)49(69)53(57)73/h40-42,44-60,62,64-76H,3-39H2,1-2H3,(H,61,63)(H,77,78)(H,79,80)/p-2/t40-,41?,42+,44-,45+,46-,47?,48-,49+,50+,51+,52+,53+,54-,55+,56-,57?,58+,59+,60-/m0/s1. The first kappa shape index (κ1) is 81.3. The molecule has 88 heavy (non-hydrogen) atoms. The molecule has 15 N–H and O–H groups in total. The number of phosphoric acid groups is 2. The molecular weight excluding hydrogens is 1200 g/mol. The molecule has 0 radical (unpaired) electrons. The Morgan fingerprint density at radius 1 is 0.455 bits per heavy atom. The number of aliphatic hydroxyl groups is 14. The third kappa shape index (κ3) is 29.8. The van der Waals surface area contributed by atoms with E-state index in [4.69, 9.17) is 27.6 Å². The molecule has 22 atom stereocenters. The molecule has 0 bridgehead atoms. The highest BCUT2D eigenvalue weighted by molar-refractivity contribution is 7.47. The number of nitrogens with zero attached hydrogens (tertiary/aromatic N) is 1. The number of phosphoric ester groups is 2. The Kier molecular flexibility index (Phi) is 41.3. The molecule has 0 spiro atoms. The Hall–Kier alpha value is -0.950. The van der Waals surface area contributed by atoms with Gasteiger partial charge >= 0.3 is 7.82 Å². The van der Waals surface area contributed by atoms with Gasteiger partial charge in [0, 0.05) is 0 Å². The second-order valence-electron chi connectivity index (χ2n) is 24.8. The van der Waals surface area contributed by atoms with Gasteiger partial charge in [0.2, 0.25) is 0 Å². The van der Waals surface area contributed by atoms with Gasteiger partial charge in [0.1, 0.15) is 110 Å². The maximum Gasteiger partial charge on any atom is 0.472 e. The number of aliphatic imine (C=N–C) groups is 1. The largest absolute Gasteiger partial charge is 0.862 e. The highest BCUT2D eigenvalue weighted by atomic mass is 31.2. The molecule has 3 rings (SSSR count). The zero-order valence-electron chi connectivity index (χ0n) is 52.3. The van der Waals surface area contributed by atoms with Gasteiger partial charge in [-0.3, -0.25) is 18.6 Å². The first-order valence-electron chi connectivity index (χ1n) is 33.3. The fourth-order valence-electron chi connectivity index (χ4n) is 11.6. The number of ether oxygens (including phenoxy) is 2. The van der Waals surface area contributed by atoms with Crippen molar-refractivity contribution >= 4 is 21.5 Å². The monoisotopic (exact) mass is 1310 g/mol. The van der Waals surface area contributed by atoms with Crippen LogP contribution >= 0.6 is 15.6 Å². The first-order chi connectivity index (χ1) is 41.9. The SMILES string of the molecule is CCCCCCCCCCCCCCCCCCCCCCCC([O-])=N[C@@H](COP(=O)([O-])O[C@@H]1[C@H](O)[C@H](O)[C@@H](O)[C@H](O)[C@H]1O[C@@H]1O[C@H](COP(=O)(O)OC2[C@H](O)[C@H](O)C(O)[C@H](O)[C@H]2O)[C@@H](O)[C@H](O)[C@@H]1O)[C@H](O)C(O)CCCCCCCCCCCCCC. The average Bonchev–Trinajstić information content (AvgIpc) is 3.15. The van der Waals surface area contributed by atoms with Gasteiger partial charge in [-0.2, -0.15) is 0 Å². The van der Waals surface area contributed by atoms with Crippen molar-refractivity contribution in [1.82, 2.24) is 0 Å². The molecule has 26 nitrogen and oxygen atoms in total. The Balaban J connectivity index is 1.61. The summed E-state index contributed by atoms with van der Waals surface area (Å²) in [6.45, 7) is 2.07. The number of hydrogen-bond donors (Lipinski definition) is 15. The average molecular weight is 1310 g/mol. The highest BCUT2D eigenvalue weighted by Crippen LogP contribution is 2.48. The fourth-order valence-corrected chi connectivity index (χ4v) is 13.5. The van der Waals surface area contributed by atoms with E-state index in [0.29, 0.717) is 12.8 Å². The van der Waals surface area contributed by atoms with Crippen molar-refractivity contribution < 1.29 is 123 Å². The quantitative estimate of drug-likeness (QED) is 0.0180. The normalized spacial score (nSPS) is 32.2. The minimum absolute atomic E-state index is 0.0502. The van der Waals surface area contributed by atoms with Gasteiger partial charge in [-0.15, -0.1) is 0 Å². The van der Waals surface area contributed by atoms with E-state index >= 15 is 0 Å². The summed E-state index contributed by atoms with van der Waals surface area (Å²) in [6, 6.07) is -1.68. The lowest BCUT2D eigenvalue weighted by molar-refractivity contribution is -0.341. The van der Waals surface area contributed by atoms with E-state index in [1.54, 1.807) is 0 Å². The summed E-state index contributed by atoms with van der Waals surface area (Å²) in [4.78, 5) is 28.1. The smallest absolute Gasteiger partial charge is 0.472 e. The van der Waals surface area contributed by atoms with Gasteiger partial charge in [-0.05, 0) is 25.2 Å². The van der Waals surface area contributed by atoms with Crippen LogP contribution in [0.5, 0.6) is 0 Å². The van der Waals surface area contributed by atoms with Crippen LogP contribution in [-0.2, 0) is 36.7 Å². The number of unbranched alkanes of at least 4 members (excludes halogenated alkanes) is 31. The van der Waals surface area contributed by atoms with E-state index in [1.807, 2.05) is 0 Å². The minimum Gasteiger partial charge on any atom is -0.862 e. The van der Waals surface area contributed by atoms with Gasteiger partial charge in [-0.1, -0.05) is 219 Å². The summed E-state index contributed by atoms with van der Waals surface area (Å²) in [6.07, 6.45) is -4.40.